The minimum absolute atomic E-state index is 0.496. The van der Waals surface area contributed by atoms with Crippen molar-refractivity contribution in [2.45, 2.75) is 33.2 Å². The lowest BCUT2D eigenvalue weighted by Crippen LogP contribution is -2.37. The molecule has 1 rings (SSSR count). The van der Waals surface area contributed by atoms with E-state index < -0.39 is 0 Å². The average molecular weight is 269 g/mol. The van der Waals surface area contributed by atoms with E-state index in [1.54, 1.807) is 14.0 Å². The van der Waals surface area contributed by atoms with Crippen molar-refractivity contribution >= 4 is 5.96 Å². The number of unbranched alkanes of at least 4 members (excludes halogenated alkanes) is 1. The monoisotopic (exact) mass is 269 g/mol. The number of nitrogens with one attached hydrogen (secondary N) is 2. The number of rotatable bonds is 8. The first-order valence-electron chi connectivity index (χ1n) is 6.57. The molecule has 0 unspecified atom stereocenters. The predicted octanol–water partition coefficient (Wildman–Crippen LogP) is 0.860. The second-order valence-electron chi connectivity index (χ2n) is 3.99. The first-order valence-corrected chi connectivity index (χ1v) is 6.57. The van der Waals surface area contributed by atoms with Crippen molar-refractivity contribution in [3.8, 4) is 0 Å². The summed E-state index contributed by atoms with van der Waals surface area (Å²) in [5.41, 5.74) is 0. The van der Waals surface area contributed by atoms with Gasteiger partial charge in [0, 0.05) is 33.7 Å². The number of aromatic nitrogens is 2. The molecule has 108 valence electrons. The number of aryl methyl sites for hydroxylation is 1. The summed E-state index contributed by atoms with van der Waals surface area (Å²) < 4.78 is 10.2. The van der Waals surface area contributed by atoms with Gasteiger partial charge in [-0.3, -0.25) is 4.99 Å². The summed E-state index contributed by atoms with van der Waals surface area (Å²) in [6.45, 7) is 6.71. The summed E-state index contributed by atoms with van der Waals surface area (Å²) in [6.07, 6.45) is 2.09. The molecule has 0 spiro atoms. The SMILES string of the molecule is CCOCCCCNC(=NC)NCc1noc(C)n1. The number of ether oxygens (including phenoxy) is 1. The van der Waals surface area contributed by atoms with Crippen LogP contribution in [0, 0.1) is 6.92 Å². The van der Waals surface area contributed by atoms with Crippen molar-refractivity contribution in [1.82, 2.24) is 20.8 Å². The molecule has 1 aromatic rings. The van der Waals surface area contributed by atoms with Gasteiger partial charge >= 0.3 is 0 Å². The molecule has 2 N–H and O–H groups in total. The smallest absolute Gasteiger partial charge is 0.223 e. The quantitative estimate of drug-likeness (QED) is 0.414. The van der Waals surface area contributed by atoms with E-state index in [2.05, 4.69) is 25.8 Å². The van der Waals surface area contributed by atoms with Crippen LogP contribution in [0.3, 0.4) is 0 Å². The van der Waals surface area contributed by atoms with Crippen molar-refractivity contribution in [2.75, 3.05) is 26.8 Å². The van der Waals surface area contributed by atoms with E-state index in [0.29, 0.717) is 18.3 Å². The van der Waals surface area contributed by atoms with E-state index in [1.165, 1.54) is 0 Å². The lowest BCUT2D eigenvalue weighted by atomic mass is 10.3. The lowest BCUT2D eigenvalue weighted by Gasteiger charge is -2.10. The summed E-state index contributed by atoms with van der Waals surface area (Å²) in [5, 5.41) is 10.1. The van der Waals surface area contributed by atoms with Crippen molar-refractivity contribution in [1.29, 1.82) is 0 Å². The fourth-order valence-electron chi connectivity index (χ4n) is 1.48. The van der Waals surface area contributed by atoms with Gasteiger partial charge in [-0.1, -0.05) is 5.16 Å². The van der Waals surface area contributed by atoms with Gasteiger partial charge in [0.1, 0.15) is 0 Å². The van der Waals surface area contributed by atoms with E-state index >= 15 is 0 Å². The van der Waals surface area contributed by atoms with Crippen LogP contribution in [0.1, 0.15) is 31.5 Å². The van der Waals surface area contributed by atoms with Crippen LogP contribution in [0.15, 0.2) is 9.52 Å². The summed E-state index contributed by atoms with van der Waals surface area (Å²) in [4.78, 5) is 8.23. The Bertz CT molecular complexity index is 378. The summed E-state index contributed by atoms with van der Waals surface area (Å²) >= 11 is 0. The summed E-state index contributed by atoms with van der Waals surface area (Å²) in [6, 6.07) is 0. The second kappa shape index (κ2) is 9.32. The fourth-order valence-corrected chi connectivity index (χ4v) is 1.48. The molecule has 0 saturated carbocycles. The maximum atomic E-state index is 5.27. The summed E-state index contributed by atoms with van der Waals surface area (Å²) in [5.74, 6) is 1.92. The van der Waals surface area contributed by atoms with Crippen LogP contribution >= 0.6 is 0 Å². The number of nitrogens with zero attached hydrogens (tertiary/aromatic N) is 3. The van der Waals surface area contributed by atoms with Crippen LogP contribution < -0.4 is 10.6 Å². The lowest BCUT2D eigenvalue weighted by molar-refractivity contribution is 0.143. The first-order chi connectivity index (χ1) is 9.26. The number of hydrogen-bond acceptors (Lipinski definition) is 5. The molecule has 1 aromatic heterocycles. The predicted molar refractivity (Wildman–Crippen MR) is 73.0 cm³/mol. The minimum Gasteiger partial charge on any atom is -0.382 e. The second-order valence-corrected chi connectivity index (χ2v) is 3.99. The Labute approximate surface area is 113 Å². The zero-order chi connectivity index (χ0) is 13.9. The van der Waals surface area contributed by atoms with Crippen LogP contribution in [0.25, 0.3) is 0 Å². The standard InChI is InChI=1S/C12H23N5O2/c1-4-18-8-6-5-7-14-12(13-3)15-9-11-16-10(2)19-17-11/h4-9H2,1-3H3,(H2,13,14,15). The Morgan fingerprint density at radius 1 is 1.37 bits per heavy atom. The Morgan fingerprint density at radius 3 is 2.84 bits per heavy atom. The maximum Gasteiger partial charge on any atom is 0.223 e. The molecular formula is C12H23N5O2. The molecule has 19 heavy (non-hydrogen) atoms. The van der Waals surface area contributed by atoms with Gasteiger partial charge in [-0.05, 0) is 19.8 Å². The number of guanidine groups is 1. The number of aliphatic imine (C=N–C) groups is 1. The average Bonchev–Trinajstić information content (AvgIpc) is 2.83. The van der Waals surface area contributed by atoms with Crippen molar-refractivity contribution < 1.29 is 9.26 Å². The van der Waals surface area contributed by atoms with Crippen LogP contribution in [-0.2, 0) is 11.3 Å². The highest BCUT2D eigenvalue weighted by atomic mass is 16.5. The highest BCUT2D eigenvalue weighted by Gasteiger charge is 2.03. The molecule has 0 aliphatic rings. The molecule has 0 amide bonds. The van der Waals surface area contributed by atoms with Crippen LogP contribution in [0.2, 0.25) is 0 Å². The van der Waals surface area contributed by atoms with Gasteiger partial charge in [-0.25, -0.2) is 0 Å². The largest absolute Gasteiger partial charge is 0.382 e. The van der Waals surface area contributed by atoms with E-state index in [1.807, 2.05) is 6.92 Å². The Morgan fingerprint density at radius 2 is 2.21 bits per heavy atom. The minimum atomic E-state index is 0.496. The highest BCUT2D eigenvalue weighted by molar-refractivity contribution is 5.79. The van der Waals surface area contributed by atoms with E-state index in [0.717, 1.165) is 38.6 Å². The third-order valence-electron chi connectivity index (χ3n) is 2.42. The maximum absolute atomic E-state index is 5.27. The topological polar surface area (TPSA) is 84.6 Å². The zero-order valence-corrected chi connectivity index (χ0v) is 11.9. The molecular weight excluding hydrogens is 246 g/mol. The molecule has 0 aliphatic heterocycles. The van der Waals surface area contributed by atoms with E-state index in [4.69, 9.17) is 9.26 Å². The zero-order valence-electron chi connectivity index (χ0n) is 11.9. The van der Waals surface area contributed by atoms with Crippen molar-refractivity contribution in [2.24, 2.45) is 4.99 Å². The van der Waals surface area contributed by atoms with Crippen molar-refractivity contribution in [3.05, 3.63) is 11.7 Å². The molecule has 0 aromatic carbocycles. The Hall–Kier alpha value is -1.63. The van der Waals surface area contributed by atoms with Gasteiger partial charge in [0.2, 0.25) is 5.89 Å². The molecule has 0 fully saturated rings. The van der Waals surface area contributed by atoms with E-state index in [-0.39, 0.29) is 0 Å². The van der Waals surface area contributed by atoms with Gasteiger partial charge in [-0.15, -0.1) is 0 Å². The van der Waals surface area contributed by atoms with Crippen LogP contribution in [0.4, 0.5) is 0 Å². The third kappa shape index (κ3) is 6.76. The van der Waals surface area contributed by atoms with Gasteiger partial charge in [0.15, 0.2) is 11.8 Å². The summed E-state index contributed by atoms with van der Waals surface area (Å²) in [7, 11) is 1.73. The Balaban J connectivity index is 2.12. The molecule has 0 atom stereocenters. The van der Waals surface area contributed by atoms with Gasteiger partial charge in [-0.2, -0.15) is 4.98 Å². The molecule has 1 heterocycles. The van der Waals surface area contributed by atoms with Crippen molar-refractivity contribution in [3.63, 3.8) is 0 Å². The third-order valence-corrected chi connectivity index (χ3v) is 2.42. The van der Waals surface area contributed by atoms with Gasteiger partial charge in [0.25, 0.3) is 0 Å². The Kier molecular flexibility index (Phi) is 7.57. The molecule has 0 aliphatic carbocycles. The fraction of sp³-hybridized carbons (Fsp3) is 0.750. The molecule has 0 saturated heterocycles. The van der Waals surface area contributed by atoms with Gasteiger partial charge < -0.3 is 19.9 Å². The molecule has 0 bridgehead atoms. The first kappa shape index (κ1) is 15.4. The molecule has 7 heteroatoms. The van der Waals surface area contributed by atoms with Crippen LogP contribution in [-0.4, -0.2) is 42.9 Å². The van der Waals surface area contributed by atoms with Crippen LogP contribution in [0.5, 0.6) is 0 Å². The number of hydrogen-bond donors (Lipinski definition) is 2. The van der Waals surface area contributed by atoms with Gasteiger partial charge in [0.05, 0.1) is 6.54 Å². The van der Waals surface area contributed by atoms with E-state index in [9.17, 15) is 0 Å². The molecule has 7 nitrogen and oxygen atoms in total. The normalized spacial score (nSPS) is 11.6. The highest BCUT2D eigenvalue weighted by Crippen LogP contribution is 1.93. The molecule has 0 radical (unpaired) electrons.